The highest BCUT2D eigenvalue weighted by molar-refractivity contribution is 5.85. The first-order valence-electron chi connectivity index (χ1n) is 6.93. The fraction of sp³-hybridized carbons (Fsp3) is 0.0588. The summed E-state index contributed by atoms with van der Waals surface area (Å²) in [5.74, 6) is 9.89. The number of nitrogens with two attached hydrogens (primary N) is 2. The number of hydrazine groups is 1. The molecule has 1 heterocycles. The second kappa shape index (κ2) is 7.67. The van der Waals surface area contributed by atoms with Crippen LogP contribution in [0.2, 0.25) is 0 Å². The van der Waals surface area contributed by atoms with Crippen molar-refractivity contribution < 1.29 is 14.6 Å². The molecule has 0 aliphatic heterocycles. The van der Waals surface area contributed by atoms with Crippen molar-refractivity contribution in [1.82, 2.24) is 10.4 Å². The van der Waals surface area contributed by atoms with E-state index in [0.29, 0.717) is 17.0 Å². The van der Waals surface area contributed by atoms with Crippen molar-refractivity contribution in [3.8, 4) is 17.6 Å². The highest BCUT2D eigenvalue weighted by Crippen LogP contribution is 2.15. The smallest absolute Gasteiger partial charge is 0.357 e. The number of nitrogens with zero attached hydrogens (tertiary/aromatic N) is 1. The molecule has 0 fully saturated rings. The zero-order valence-electron chi connectivity index (χ0n) is 12.9. The second-order valence-corrected chi connectivity index (χ2v) is 4.74. The van der Waals surface area contributed by atoms with Gasteiger partial charge in [-0.1, -0.05) is 18.1 Å². The predicted octanol–water partition coefficient (Wildman–Crippen LogP) is 0.844. The van der Waals surface area contributed by atoms with E-state index >= 15 is 0 Å². The number of carboxylic acids is 1. The SMILES string of the molecule is Cc1cccc(C#Cc2cccc(O/C(NN)=C(/N)C(=O)O)c2)n1. The number of benzene rings is 1. The van der Waals surface area contributed by atoms with Crippen LogP contribution in [-0.4, -0.2) is 16.1 Å². The summed E-state index contributed by atoms with van der Waals surface area (Å²) in [5, 5.41) is 8.86. The van der Waals surface area contributed by atoms with Crippen molar-refractivity contribution in [3.63, 3.8) is 0 Å². The Balaban J connectivity index is 2.24. The molecular formula is C17H16N4O3. The standard InChI is InChI=1S/C17H16N4O3/c1-11-4-2-6-13(20-11)9-8-12-5-3-7-14(10-12)24-16(21-19)15(18)17(22)23/h2-7,10,21H,18-19H2,1H3,(H,22,23)/b16-15+. The number of nitrogens with one attached hydrogen (secondary N) is 1. The number of hydrogen-bond acceptors (Lipinski definition) is 6. The molecule has 0 bridgehead atoms. The zero-order valence-corrected chi connectivity index (χ0v) is 12.9. The molecule has 0 saturated heterocycles. The fourth-order valence-corrected chi connectivity index (χ4v) is 1.76. The Morgan fingerprint density at radius 2 is 2.00 bits per heavy atom. The van der Waals surface area contributed by atoms with Gasteiger partial charge in [-0.25, -0.2) is 15.6 Å². The number of rotatable bonds is 4. The maximum Gasteiger partial charge on any atom is 0.357 e. The molecule has 2 rings (SSSR count). The van der Waals surface area contributed by atoms with Gasteiger partial charge in [0, 0.05) is 11.3 Å². The molecule has 0 atom stereocenters. The van der Waals surface area contributed by atoms with Gasteiger partial charge < -0.3 is 15.6 Å². The van der Waals surface area contributed by atoms with Crippen LogP contribution in [0.15, 0.2) is 54.0 Å². The quantitative estimate of drug-likeness (QED) is 0.216. The molecule has 7 nitrogen and oxygen atoms in total. The zero-order chi connectivity index (χ0) is 17.5. The number of aromatic nitrogens is 1. The van der Waals surface area contributed by atoms with E-state index in [9.17, 15) is 4.79 Å². The Hall–Kier alpha value is -3.50. The Morgan fingerprint density at radius 3 is 2.67 bits per heavy atom. The van der Waals surface area contributed by atoms with Crippen molar-refractivity contribution >= 4 is 5.97 Å². The number of carbonyl (C=O) groups is 1. The maximum absolute atomic E-state index is 10.9. The topological polar surface area (TPSA) is 123 Å². The summed E-state index contributed by atoms with van der Waals surface area (Å²) in [6, 6.07) is 12.3. The Morgan fingerprint density at radius 1 is 1.25 bits per heavy atom. The average Bonchev–Trinajstić information content (AvgIpc) is 2.57. The molecule has 0 spiro atoms. The van der Waals surface area contributed by atoms with Crippen molar-refractivity contribution in [1.29, 1.82) is 0 Å². The number of hydrogen-bond donors (Lipinski definition) is 4. The first kappa shape index (κ1) is 16.9. The summed E-state index contributed by atoms with van der Waals surface area (Å²) < 4.78 is 5.35. The van der Waals surface area contributed by atoms with Crippen molar-refractivity contribution in [3.05, 3.63) is 71.0 Å². The molecule has 7 heteroatoms. The van der Waals surface area contributed by atoms with E-state index in [1.165, 1.54) is 0 Å². The highest BCUT2D eigenvalue weighted by Gasteiger charge is 2.12. The van der Waals surface area contributed by atoms with Gasteiger partial charge in [-0.15, -0.1) is 0 Å². The lowest BCUT2D eigenvalue weighted by Crippen LogP contribution is -2.31. The molecule has 0 amide bonds. The molecular weight excluding hydrogens is 308 g/mol. The third-order valence-corrected chi connectivity index (χ3v) is 2.88. The van der Waals surface area contributed by atoms with Crippen molar-refractivity contribution in [2.45, 2.75) is 6.92 Å². The van der Waals surface area contributed by atoms with Crippen molar-refractivity contribution in [2.75, 3.05) is 0 Å². The Labute approximate surface area is 138 Å². The van der Waals surface area contributed by atoms with Crippen molar-refractivity contribution in [2.24, 2.45) is 11.6 Å². The van der Waals surface area contributed by atoms with Crippen LogP contribution in [-0.2, 0) is 4.79 Å². The van der Waals surface area contributed by atoms with Crippen LogP contribution < -0.4 is 21.7 Å². The summed E-state index contributed by atoms with van der Waals surface area (Å²) in [6.45, 7) is 1.89. The van der Waals surface area contributed by atoms with E-state index in [1.54, 1.807) is 24.3 Å². The van der Waals surface area contributed by atoms with Gasteiger partial charge >= 0.3 is 5.97 Å². The monoisotopic (exact) mass is 324 g/mol. The number of pyridine rings is 1. The van der Waals surface area contributed by atoms with E-state index in [1.807, 2.05) is 25.1 Å². The maximum atomic E-state index is 10.9. The molecule has 0 unspecified atom stereocenters. The second-order valence-electron chi connectivity index (χ2n) is 4.74. The largest absolute Gasteiger partial charge is 0.476 e. The van der Waals surface area contributed by atoms with E-state index in [4.69, 9.17) is 21.4 Å². The minimum Gasteiger partial charge on any atom is -0.476 e. The van der Waals surface area contributed by atoms with Crippen LogP contribution >= 0.6 is 0 Å². The van der Waals surface area contributed by atoms with Gasteiger partial charge in [0.25, 0.3) is 0 Å². The molecule has 0 aliphatic rings. The number of ether oxygens (including phenoxy) is 1. The van der Waals surface area contributed by atoms with Crippen LogP contribution in [0.1, 0.15) is 17.0 Å². The van der Waals surface area contributed by atoms with E-state index in [-0.39, 0.29) is 5.88 Å². The molecule has 0 saturated carbocycles. The summed E-state index contributed by atoms with van der Waals surface area (Å²) in [6.07, 6.45) is 0. The van der Waals surface area contributed by atoms with Crippen LogP contribution in [0.5, 0.6) is 5.75 Å². The summed E-state index contributed by atoms with van der Waals surface area (Å²) in [4.78, 5) is 15.2. The van der Waals surface area contributed by atoms with Gasteiger partial charge in [-0.05, 0) is 43.2 Å². The molecule has 122 valence electrons. The first-order valence-corrected chi connectivity index (χ1v) is 6.93. The minimum absolute atomic E-state index is 0.257. The first-order chi connectivity index (χ1) is 11.5. The van der Waals surface area contributed by atoms with Crippen LogP contribution in [0.4, 0.5) is 0 Å². The van der Waals surface area contributed by atoms with Crippen LogP contribution in [0, 0.1) is 18.8 Å². The molecule has 0 radical (unpaired) electrons. The normalized spacial score (nSPS) is 10.9. The predicted molar refractivity (Wildman–Crippen MR) is 88.2 cm³/mol. The number of aliphatic carboxylic acids is 1. The third-order valence-electron chi connectivity index (χ3n) is 2.88. The Kier molecular flexibility index (Phi) is 5.39. The third kappa shape index (κ3) is 4.50. The fourth-order valence-electron chi connectivity index (χ4n) is 1.76. The van der Waals surface area contributed by atoms with Gasteiger partial charge in [0.15, 0.2) is 5.70 Å². The lowest BCUT2D eigenvalue weighted by atomic mass is 10.2. The van der Waals surface area contributed by atoms with Gasteiger partial charge in [0.05, 0.1) is 0 Å². The summed E-state index contributed by atoms with van der Waals surface area (Å²) in [5.41, 5.74) is 9.18. The molecule has 6 N–H and O–H groups in total. The highest BCUT2D eigenvalue weighted by atomic mass is 16.5. The van der Waals surface area contributed by atoms with Gasteiger partial charge in [-0.2, -0.15) is 0 Å². The van der Waals surface area contributed by atoms with E-state index in [2.05, 4.69) is 22.3 Å². The molecule has 0 aliphatic carbocycles. The molecule has 24 heavy (non-hydrogen) atoms. The van der Waals surface area contributed by atoms with E-state index < -0.39 is 11.7 Å². The molecule has 1 aromatic carbocycles. The number of carboxylic acid groups (broad SMARTS) is 1. The molecule has 2 aromatic rings. The Bertz CT molecular complexity index is 850. The lowest BCUT2D eigenvalue weighted by Gasteiger charge is -2.10. The van der Waals surface area contributed by atoms with Crippen LogP contribution in [0.3, 0.4) is 0 Å². The average molecular weight is 324 g/mol. The number of aryl methyl sites for hydroxylation is 1. The van der Waals surface area contributed by atoms with Gasteiger partial charge in [0.2, 0.25) is 5.88 Å². The van der Waals surface area contributed by atoms with Crippen LogP contribution in [0.25, 0.3) is 0 Å². The van der Waals surface area contributed by atoms with Gasteiger partial charge in [-0.3, -0.25) is 5.43 Å². The summed E-state index contributed by atoms with van der Waals surface area (Å²) >= 11 is 0. The lowest BCUT2D eigenvalue weighted by molar-refractivity contribution is -0.132. The minimum atomic E-state index is -1.34. The molecule has 1 aromatic heterocycles. The van der Waals surface area contributed by atoms with E-state index in [0.717, 1.165) is 5.69 Å². The van der Waals surface area contributed by atoms with Gasteiger partial charge in [0.1, 0.15) is 11.4 Å². The summed E-state index contributed by atoms with van der Waals surface area (Å²) in [7, 11) is 0.